The highest BCUT2D eigenvalue weighted by Gasteiger charge is 2.76. The van der Waals surface area contributed by atoms with Crippen molar-refractivity contribution in [3.63, 3.8) is 0 Å². The highest BCUT2D eigenvalue weighted by atomic mass is 16.5. The Labute approximate surface area is 257 Å². The van der Waals surface area contributed by atoms with Crippen molar-refractivity contribution in [3.8, 4) is 0 Å². The van der Waals surface area contributed by atoms with Gasteiger partial charge < -0.3 is 24.5 Å². The summed E-state index contributed by atoms with van der Waals surface area (Å²) in [5.74, 6) is -2.40. The zero-order chi connectivity index (χ0) is 31.9. The van der Waals surface area contributed by atoms with E-state index < -0.39 is 41.2 Å². The van der Waals surface area contributed by atoms with Crippen LogP contribution in [0.2, 0.25) is 0 Å². The maximum atomic E-state index is 14.9. The fourth-order valence-electron chi connectivity index (χ4n) is 8.17. The second-order valence-electron chi connectivity index (χ2n) is 14.7. The van der Waals surface area contributed by atoms with Gasteiger partial charge >= 0.3 is 0 Å². The highest BCUT2D eigenvalue weighted by molar-refractivity contribution is 6.03. The maximum absolute atomic E-state index is 14.9. The SMILES string of the molecule is C=CCN(C(=O)[C@@H]1[C@H]2C(=O)N([C@@H](CO)C(C)C)C(C(=O)N(CC=C)C(C)(C)CC(C)(C)C)C23CC[C@H]1O3)c1ccccc1. The summed E-state index contributed by atoms with van der Waals surface area (Å²) in [4.78, 5) is 49.0. The second kappa shape index (κ2) is 12.2. The molecule has 0 aliphatic carbocycles. The standard InChI is InChI=1S/C35H51N3O5/c1-10-19-36(24-15-13-12-14-16-24)30(40)27-26-17-18-35(43-26)28(27)31(41)38(25(21-39)23(3)4)29(35)32(42)37(20-11-2)34(8,9)22-33(5,6)7/h10-16,23,25-29,39H,1-2,17-22H2,3-9H3/t25-,26+,27-,28-,29?,35?/m0/s1. The lowest BCUT2D eigenvalue weighted by atomic mass is 9.70. The number of aliphatic hydroxyl groups excluding tert-OH is 1. The predicted molar refractivity (Wildman–Crippen MR) is 169 cm³/mol. The number of carbonyl (C=O) groups is 3. The van der Waals surface area contributed by atoms with Crippen LogP contribution < -0.4 is 4.90 Å². The molecule has 3 aliphatic heterocycles. The molecular formula is C35H51N3O5. The van der Waals surface area contributed by atoms with Gasteiger partial charge in [-0.05, 0) is 56.6 Å². The molecule has 3 amide bonds. The number of likely N-dealkylation sites (tertiary alicyclic amines) is 1. The number of nitrogens with zero attached hydrogens (tertiary/aromatic N) is 3. The molecule has 1 aromatic rings. The topological polar surface area (TPSA) is 90.4 Å². The molecule has 0 aromatic heterocycles. The first-order valence-corrected chi connectivity index (χ1v) is 15.7. The molecule has 0 radical (unpaired) electrons. The van der Waals surface area contributed by atoms with E-state index >= 15 is 0 Å². The van der Waals surface area contributed by atoms with Crippen molar-refractivity contribution in [2.24, 2.45) is 23.2 Å². The number of carbonyl (C=O) groups excluding carboxylic acids is 3. The van der Waals surface area contributed by atoms with Crippen molar-refractivity contribution < 1.29 is 24.2 Å². The molecule has 1 spiro atoms. The van der Waals surface area contributed by atoms with Gasteiger partial charge in [0.05, 0.1) is 30.6 Å². The van der Waals surface area contributed by atoms with Crippen LogP contribution in [-0.4, -0.2) is 81.7 Å². The Hall–Kier alpha value is -2.97. The normalized spacial score (nSPS) is 27.3. The number of anilines is 1. The average Bonchev–Trinajstić information content (AvgIpc) is 3.57. The fraction of sp³-hybridized carbons (Fsp3) is 0.629. The molecule has 2 unspecified atom stereocenters. The maximum Gasteiger partial charge on any atom is 0.249 e. The van der Waals surface area contributed by atoms with Crippen LogP contribution in [0.4, 0.5) is 5.69 Å². The van der Waals surface area contributed by atoms with Crippen LogP contribution in [0, 0.1) is 23.2 Å². The molecule has 3 fully saturated rings. The quantitative estimate of drug-likeness (QED) is 0.351. The predicted octanol–water partition coefficient (Wildman–Crippen LogP) is 4.83. The molecule has 3 saturated heterocycles. The first-order valence-electron chi connectivity index (χ1n) is 15.7. The summed E-state index contributed by atoms with van der Waals surface area (Å²) in [6.07, 6.45) is 4.72. The Morgan fingerprint density at radius 3 is 2.26 bits per heavy atom. The van der Waals surface area contributed by atoms with Crippen LogP contribution in [0.25, 0.3) is 0 Å². The van der Waals surface area contributed by atoms with Crippen molar-refractivity contribution in [2.75, 3.05) is 24.6 Å². The summed E-state index contributed by atoms with van der Waals surface area (Å²) in [5, 5.41) is 10.6. The van der Waals surface area contributed by atoms with Crippen molar-refractivity contribution in [3.05, 3.63) is 55.6 Å². The second-order valence-corrected chi connectivity index (χ2v) is 14.7. The third kappa shape index (κ3) is 5.80. The van der Waals surface area contributed by atoms with Gasteiger partial charge in [0, 0.05) is 24.3 Å². The Bertz CT molecular complexity index is 1220. The molecule has 2 bridgehead atoms. The molecule has 4 rings (SSSR count). The first-order chi connectivity index (χ1) is 20.1. The lowest BCUT2D eigenvalue weighted by Crippen LogP contribution is -2.63. The Morgan fingerprint density at radius 1 is 1.09 bits per heavy atom. The number of rotatable bonds is 12. The lowest BCUT2D eigenvalue weighted by molar-refractivity contribution is -0.156. The number of para-hydroxylation sites is 1. The number of amides is 3. The van der Waals surface area contributed by atoms with Gasteiger partial charge in [0.2, 0.25) is 17.7 Å². The highest BCUT2D eigenvalue weighted by Crippen LogP contribution is 2.60. The number of benzene rings is 1. The van der Waals surface area contributed by atoms with E-state index in [1.165, 1.54) is 0 Å². The zero-order valence-electron chi connectivity index (χ0n) is 27.1. The third-order valence-corrected chi connectivity index (χ3v) is 9.49. The molecule has 8 nitrogen and oxygen atoms in total. The minimum absolute atomic E-state index is 0.0629. The van der Waals surface area contributed by atoms with Crippen LogP contribution in [0.5, 0.6) is 0 Å². The number of hydrogen-bond acceptors (Lipinski definition) is 5. The monoisotopic (exact) mass is 593 g/mol. The third-order valence-electron chi connectivity index (χ3n) is 9.49. The summed E-state index contributed by atoms with van der Waals surface area (Å²) in [6, 6.07) is 7.80. The van der Waals surface area contributed by atoms with Crippen LogP contribution in [0.3, 0.4) is 0 Å². The van der Waals surface area contributed by atoms with E-state index in [2.05, 4.69) is 33.9 Å². The molecule has 6 atom stereocenters. The van der Waals surface area contributed by atoms with Crippen LogP contribution in [-0.2, 0) is 19.1 Å². The van der Waals surface area contributed by atoms with E-state index in [-0.39, 0.29) is 42.2 Å². The molecular weight excluding hydrogens is 542 g/mol. The molecule has 8 heteroatoms. The van der Waals surface area contributed by atoms with Crippen molar-refractivity contribution in [2.45, 2.75) is 97.1 Å². The van der Waals surface area contributed by atoms with E-state index in [1.54, 1.807) is 22.0 Å². The van der Waals surface area contributed by atoms with Gasteiger partial charge in [-0.25, -0.2) is 0 Å². The summed E-state index contributed by atoms with van der Waals surface area (Å²) >= 11 is 0. The number of ether oxygens (including phenoxy) is 1. The van der Waals surface area contributed by atoms with Crippen molar-refractivity contribution in [1.29, 1.82) is 0 Å². The molecule has 3 heterocycles. The molecule has 3 aliphatic rings. The van der Waals surface area contributed by atoms with Gasteiger partial charge in [-0.2, -0.15) is 0 Å². The number of fused-ring (bicyclic) bond motifs is 1. The average molecular weight is 594 g/mol. The van der Waals surface area contributed by atoms with Gasteiger partial charge in [-0.3, -0.25) is 14.4 Å². The summed E-state index contributed by atoms with van der Waals surface area (Å²) in [7, 11) is 0. The van der Waals surface area contributed by atoms with E-state index in [1.807, 2.05) is 62.9 Å². The van der Waals surface area contributed by atoms with Gasteiger partial charge in [0.25, 0.3) is 0 Å². The van der Waals surface area contributed by atoms with E-state index in [4.69, 9.17) is 4.74 Å². The van der Waals surface area contributed by atoms with Crippen molar-refractivity contribution in [1.82, 2.24) is 9.80 Å². The van der Waals surface area contributed by atoms with Gasteiger partial charge in [0.1, 0.15) is 11.6 Å². The molecule has 1 aromatic carbocycles. The van der Waals surface area contributed by atoms with Crippen LogP contribution >= 0.6 is 0 Å². The summed E-state index contributed by atoms with van der Waals surface area (Å²) < 4.78 is 6.74. The van der Waals surface area contributed by atoms with E-state index in [0.29, 0.717) is 19.4 Å². The van der Waals surface area contributed by atoms with Gasteiger partial charge in [-0.15, -0.1) is 13.2 Å². The van der Waals surface area contributed by atoms with Crippen LogP contribution in [0.15, 0.2) is 55.6 Å². The number of aliphatic hydroxyl groups is 1. The Morgan fingerprint density at radius 2 is 1.72 bits per heavy atom. The molecule has 43 heavy (non-hydrogen) atoms. The Kier molecular flexibility index (Phi) is 9.34. The van der Waals surface area contributed by atoms with Gasteiger partial charge in [0.15, 0.2) is 0 Å². The molecule has 0 saturated carbocycles. The fourth-order valence-corrected chi connectivity index (χ4v) is 8.17. The van der Waals surface area contributed by atoms with E-state index in [9.17, 15) is 19.5 Å². The number of hydrogen-bond donors (Lipinski definition) is 1. The summed E-state index contributed by atoms with van der Waals surface area (Å²) in [6.45, 7) is 22.5. The van der Waals surface area contributed by atoms with Crippen molar-refractivity contribution >= 4 is 23.4 Å². The van der Waals surface area contributed by atoms with Crippen LogP contribution in [0.1, 0.15) is 67.7 Å². The van der Waals surface area contributed by atoms with E-state index in [0.717, 1.165) is 12.1 Å². The Balaban J connectivity index is 1.83. The minimum Gasteiger partial charge on any atom is -0.394 e. The minimum atomic E-state index is -1.16. The smallest absolute Gasteiger partial charge is 0.249 e. The molecule has 236 valence electrons. The largest absolute Gasteiger partial charge is 0.394 e. The summed E-state index contributed by atoms with van der Waals surface area (Å²) in [5.41, 5.74) is -1.06. The zero-order valence-corrected chi connectivity index (χ0v) is 27.1. The van der Waals surface area contributed by atoms with Gasteiger partial charge in [-0.1, -0.05) is 65.0 Å². The molecule has 1 N–H and O–H groups in total. The lowest BCUT2D eigenvalue weighted by Gasteiger charge is -2.46. The first kappa shape index (κ1) is 32.9.